The van der Waals surface area contributed by atoms with E-state index in [2.05, 4.69) is 10.6 Å². The molecule has 0 radical (unpaired) electrons. The number of piperazine rings is 1. The van der Waals surface area contributed by atoms with Crippen LogP contribution in [0.25, 0.3) is 0 Å². The maximum absolute atomic E-state index is 14.1. The zero-order chi connectivity index (χ0) is 22.4. The van der Waals surface area contributed by atoms with Gasteiger partial charge in [0.1, 0.15) is 11.5 Å². The molecule has 0 bridgehead atoms. The van der Waals surface area contributed by atoms with Gasteiger partial charge in [0, 0.05) is 37.8 Å². The predicted molar refractivity (Wildman–Crippen MR) is 110 cm³/mol. The Kier molecular flexibility index (Phi) is 7.41. The van der Waals surface area contributed by atoms with E-state index in [4.69, 9.17) is 9.47 Å². The predicted octanol–water partition coefficient (Wildman–Crippen LogP) is 1.99. The van der Waals surface area contributed by atoms with Gasteiger partial charge in [-0.05, 0) is 23.8 Å². The molecule has 1 atom stereocenters. The summed E-state index contributed by atoms with van der Waals surface area (Å²) in [4.78, 5) is 26.6. The summed E-state index contributed by atoms with van der Waals surface area (Å²) >= 11 is 0. The Morgan fingerprint density at radius 2 is 1.90 bits per heavy atom. The fourth-order valence-corrected chi connectivity index (χ4v) is 3.48. The lowest BCUT2D eigenvalue weighted by atomic mass is 10.1. The van der Waals surface area contributed by atoms with Crippen LogP contribution in [0, 0.1) is 11.6 Å². The number of methoxy groups -OCH3 is 2. The number of carbonyl (C=O) groups excluding carboxylic acids is 2. The first-order valence-electron chi connectivity index (χ1n) is 9.84. The molecular weight excluding hydrogens is 408 g/mol. The normalized spacial score (nSPS) is 16.5. The maximum Gasteiger partial charge on any atom is 0.237 e. The molecule has 166 valence electrons. The number of hydrogen-bond donors (Lipinski definition) is 2. The average molecular weight is 433 g/mol. The number of ether oxygens (including phenoxy) is 2. The Balaban J connectivity index is 1.65. The summed E-state index contributed by atoms with van der Waals surface area (Å²) in [6, 6.07) is 8.42. The number of rotatable bonds is 8. The van der Waals surface area contributed by atoms with E-state index in [9.17, 15) is 18.4 Å². The van der Waals surface area contributed by atoms with Gasteiger partial charge in [-0.3, -0.25) is 14.5 Å². The molecule has 2 N–H and O–H groups in total. The minimum absolute atomic E-state index is 0.0298. The van der Waals surface area contributed by atoms with Crippen LogP contribution >= 0.6 is 0 Å². The summed E-state index contributed by atoms with van der Waals surface area (Å²) in [5, 5.41) is 5.51. The molecule has 0 aromatic heterocycles. The van der Waals surface area contributed by atoms with Crippen molar-refractivity contribution in [2.75, 3.05) is 27.3 Å². The van der Waals surface area contributed by atoms with Crippen LogP contribution in [0.15, 0.2) is 36.4 Å². The number of hydrogen-bond acceptors (Lipinski definition) is 5. The summed E-state index contributed by atoms with van der Waals surface area (Å²) in [5.74, 6) is -1.35. The summed E-state index contributed by atoms with van der Waals surface area (Å²) in [6.45, 7) is 1.05. The molecule has 1 aliphatic rings. The summed E-state index contributed by atoms with van der Waals surface area (Å²) in [6.07, 6.45) is -0.107. The van der Waals surface area contributed by atoms with E-state index in [1.165, 1.54) is 26.4 Å². The third kappa shape index (κ3) is 5.69. The molecule has 3 rings (SSSR count). The van der Waals surface area contributed by atoms with Crippen LogP contribution < -0.4 is 20.1 Å². The molecule has 0 spiro atoms. The van der Waals surface area contributed by atoms with Crippen molar-refractivity contribution in [3.8, 4) is 11.5 Å². The SMILES string of the molecule is COc1cc(CNC(=O)CC2C(=O)NCCN2Cc2cccc(F)c2F)cc(OC)c1. The highest BCUT2D eigenvalue weighted by Crippen LogP contribution is 2.22. The molecule has 2 aromatic carbocycles. The molecule has 1 fully saturated rings. The Morgan fingerprint density at radius 1 is 1.19 bits per heavy atom. The Bertz CT molecular complexity index is 932. The molecule has 1 aliphatic heterocycles. The number of nitrogens with zero attached hydrogens (tertiary/aromatic N) is 1. The van der Waals surface area contributed by atoms with E-state index >= 15 is 0 Å². The number of amides is 2. The smallest absolute Gasteiger partial charge is 0.237 e. The van der Waals surface area contributed by atoms with Gasteiger partial charge in [0.2, 0.25) is 11.8 Å². The van der Waals surface area contributed by atoms with Gasteiger partial charge in [0.15, 0.2) is 11.6 Å². The van der Waals surface area contributed by atoms with Gasteiger partial charge in [-0.2, -0.15) is 0 Å². The van der Waals surface area contributed by atoms with Crippen LogP contribution in [0.5, 0.6) is 11.5 Å². The second-order valence-electron chi connectivity index (χ2n) is 7.19. The Morgan fingerprint density at radius 3 is 2.58 bits per heavy atom. The van der Waals surface area contributed by atoms with Gasteiger partial charge in [0.05, 0.1) is 26.7 Å². The van der Waals surface area contributed by atoms with Gasteiger partial charge in [-0.1, -0.05) is 12.1 Å². The van der Waals surface area contributed by atoms with E-state index in [1.54, 1.807) is 23.1 Å². The second kappa shape index (κ2) is 10.2. The van der Waals surface area contributed by atoms with Crippen LogP contribution in [-0.4, -0.2) is 50.1 Å². The van der Waals surface area contributed by atoms with E-state index in [-0.39, 0.29) is 36.9 Å². The number of benzene rings is 2. The third-order valence-electron chi connectivity index (χ3n) is 5.13. The monoisotopic (exact) mass is 433 g/mol. The molecule has 1 saturated heterocycles. The molecule has 1 unspecified atom stereocenters. The van der Waals surface area contributed by atoms with Crippen LogP contribution in [-0.2, 0) is 22.7 Å². The van der Waals surface area contributed by atoms with E-state index in [0.717, 1.165) is 11.6 Å². The average Bonchev–Trinajstić information content (AvgIpc) is 2.77. The van der Waals surface area contributed by atoms with Gasteiger partial charge in [-0.25, -0.2) is 8.78 Å². The van der Waals surface area contributed by atoms with Crippen molar-refractivity contribution < 1.29 is 27.8 Å². The van der Waals surface area contributed by atoms with E-state index in [0.29, 0.717) is 24.6 Å². The lowest BCUT2D eigenvalue weighted by molar-refractivity contribution is -0.134. The van der Waals surface area contributed by atoms with E-state index in [1.807, 2.05) is 0 Å². The minimum atomic E-state index is -0.943. The van der Waals surface area contributed by atoms with Crippen LogP contribution in [0.2, 0.25) is 0 Å². The van der Waals surface area contributed by atoms with Crippen molar-refractivity contribution in [1.82, 2.24) is 15.5 Å². The van der Waals surface area contributed by atoms with Gasteiger partial charge < -0.3 is 20.1 Å². The van der Waals surface area contributed by atoms with Crippen LogP contribution in [0.4, 0.5) is 8.78 Å². The van der Waals surface area contributed by atoms with Crippen LogP contribution in [0.1, 0.15) is 17.5 Å². The van der Waals surface area contributed by atoms with Gasteiger partial charge >= 0.3 is 0 Å². The van der Waals surface area contributed by atoms with Gasteiger partial charge in [0.25, 0.3) is 0 Å². The summed E-state index contributed by atoms with van der Waals surface area (Å²) in [5.41, 5.74) is 0.917. The highest BCUT2D eigenvalue weighted by atomic mass is 19.2. The topological polar surface area (TPSA) is 79.9 Å². The number of carbonyl (C=O) groups is 2. The van der Waals surface area contributed by atoms with Crippen molar-refractivity contribution in [2.24, 2.45) is 0 Å². The molecule has 0 aliphatic carbocycles. The Hall–Kier alpha value is -3.20. The molecule has 2 amide bonds. The number of halogens is 2. The largest absolute Gasteiger partial charge is 0.497 e. The fraction of sp³-hybridized carbons (Fsp3) is 0.364. The molecule has 9 heteroatoms. The molecular formula is C22H25F2N3O4. The van der Waals surface area contributed by atoms with Crippen molar-refractivity contribution in [1.29, 1.82) is 0 Å². The minimum Gasteiger partial charge on any atom is -0.497 e. The molecule has 7 nitrogen and oxygen atoms in total. The quantitative estimate of drug-likeness (QED) is 0.666. The van der Waals surface area contributed by atoms with Gasteiger partial charge in [-0.15, -0.1) is 0 Å². The lowest BCUT2D eigenvalue weighted by Crippen LogP contribution is -2.56. The maximum atomic E-state index is 14.1. The first-order chi connectivity index (χ1) is 14.9. The van der Waals surface area contributed by atoms with Crippen molar-refractivity contribution in [3.05, 3.63) is 59.2 Å². The molecule has 0 saturated carbocycles. The van der Waals surface area contributed by atoms with Crippen LogP contribution in [0.3, 0.4) is 0 Å². The van der Waals surface area contributed by atoms with E-state index < -0.39 is 17.7 Å². The summed E-state index contributed by atoms with van der Waals surface area (Å²) in [7, 11) is 3.07. The zero-order valence-electron chi connectivity index (χ0n) is 17.4. The van der Waals surface area contributed by atoms with Crippen molar-refractivity contribution in [3.63, 3.8) is 0 Å². The molecule has 31 heavy (non-hydrogen) atoms. The highest BCUT2D eigenvalue weighted by Gasteiger charge is 2.32. The first-order valence-corrected chi connectivity index (χ1v) is 9.84. The molecule has 1 heterocycles. The third-order valence-corrected chi connectivity index (χ3v) is 5.13. The fourth-order valence-electron chi connectivity index (χ4n) is 3.48. The van der Waals surface area contributed by atoms with Crippen molar-refractivity contribution >= 4 is 11.8 Å². The second-order valence-corrected chi connectivity index (χ2v) is 7.19. The number of nitrogens with one attached hydrogen (secondary N) is 2. The summed E-state index contributed by atoms with van der Waals surface area (Å²) < 4.78 is 38.0. The zero-order valence-corrected chi connectivity index (χ0v) is 17.4. The lowest BCUT2D eigenvalue weighted by Gasteiger charge is -2.34. The standard InChI is InChI=1S/C22H25F2N3O4/c1-30-16-8-14(9-17(10-16)31-2)12-26-20(28)11-19-22(29)25-6-7-27(19)13-15-4-3-5-18(23)21(15)24/h3-5,8-10,19H,6-7,11-13H2,1-2H3,(H,25,29)(H,26,28). The molecule has 2 aromatic rings. The first kappa shape index (κ1) is 22.5. The highest BCUT2D eigenvalue weighted by molar-refractivity contribution is 5.88. The Labute approximate surface area is 179 Å². The van der Waals surface area contributed by atoms with Crippen molar-refractivity contribution in [2.45, 2.75) is 25.6 Å².